The zero-order chi connectivity index (χ0) is 10.7. The summed E-state index contributed by atoms with van der Waals surface area (Å²) in [6, 6.07) is 0. The van der Waals surface area contributed by atoms with Gasteiger partial charge in [-0.25, -0.2) is 8.78 Å². The van der Waals surface area contributed by atoms with E-state index in [1.165, 1.54) is 6.20 Å². The van der Waals surface area contributed by atoms with Gasteiger partial charge in [-0.15, -0.1) is 0 Å². The molecule has 1 N–H and O–H groups in total. The lowest BCUT2D eigenvalue weighted by atomic mass is 10.1. The maximum Gasteiger partial charge on any atom is 0.280 e. The quantitative estimate of drug-likeness (QED) is 0.863. The number of rotatable bonds is 3. The number of hydrogen-bond acceptors (Lipinski definition) is 2. The molecule has 78 valence electrons. The molecule has 0 fully saturated rings. The van der Waals surface area contributed by atoms with E-state index < -0.39 is 13.0 Å². The molecule has 0 bridgehead atoms. The van der Waals surface area contributed by atoms with E-state index >= 15 is 0 Å². The van der Waals surface area contributed by atoms with Gasteiger partial charge in [0.25, 0.3) is 6.43 Å². The first kappa shape index (κ1) is 12.0. The Balaban J connectivity index is 3.33. The van der Waals surface area contributed by atoms with Gasteiger partial charge in [0.2, 0.25) is 0 Å². The van der Waals surface area contributed by atoms with Crippen molar-refractivity contribution in [1.82, 2.24) is 4.98 Å². The first-order valence-electron chi connectivity index (χ1n) is 3.73. The first-order valence-corrected chi connectivity index (χ1v) is 5.64. The van der Waals surface area contributed by atoms with Crippen molar-refractivity contribution in [1.29, 1.82) is 0 Å². The average Bonchev–Trinajstić information content (AvgIpc) is 2.16. The summed E-state index contributed by atoms with van der Waals surface area (Å²) in [7, 11) is 0. The Kier molecular flexibility index (Phi) is 4.40. The SMILES string of the molecule is OCc1c(C(F)F)ncc(Br)c1CBr. The van der Waals surface area contributed by atoms with Crippen molar-refractivity contribution in [3.8, 4) is 0 Å². The maximum atomic E-state index is 12.5. The van der Waals surface area contributed by atoms with Crippen LogP contribution in [0.15, 0.2) is 10.7 Å². The van der Waals surface area contributed by atoms with E-state index in [4.69, 9.17) is 5.11 Å². The lowest BCUT2D eigenvalue weighted by Crippen LogP contribution is -2.03. The van der Waals surface area contributed by atoms with Gasteiger partial charge in [0.15, 0.2) is 0 Å². The molecular formula is C8H7Br2F2NO. The van der Waals surface area contributed by atoms with Crippen molar-refractivity contribution in [3.05, 3.63) is 27.5 Å². The first-order chi connectivity index (χ1) is 6.61. The standard InChI is InChI=1S/C8H7Br2F2NO/c9-1-4-5(3-14)7(8(11)12)13-2-6(4)10/h2,8,14H,1,3H2. The highest BCUT2D eigenvalue weighted by molar-refractivity contribution is 9.10. The van der Waals surface area contributed by atoms with Crippen LogP contribution >= 0.6 is 31.9 Å². The third kappa shape index (κ3) is 2.29. The molecule has 0 radical (unpaired) electrons. The largest absolute Gasteiger partial charge is 0.392 e. The summed E-state index contributed by atoms with van der Waals surface area (Å²) in [4.78, 5) is 3.58. The molecular weight excluding hydrogens is 324 g/mol. The second-order valence-electron chi connectivity index (χ2n) is 2.54. The van der Waals surface area contributed by atoms with Gasteiger partial charge in [-0.3, -0.25) is 4.98 Å². The molecule has 0 spiro atoms. The fourth-order valence-corrected chi connectivity index (χ4v) is 2.59. The summed E-state index contributed by atoms with van der Waals surface area (Å²) >= 11 is 6.35. The number of nitrogens with zero attached hydrogens (tertiary/aromatic N) is 1. The Labute approximate surface area is 96.6 Å². The number of pyridine rings is 1. The van der Waals surface area contributed by atoms with E-state index in [1.807, 2.05) is 0 Å². The molecule has 0 aromatic carbocycles. The molecule has 0 unspecified atom stereocenters. The Morgan fingerprint density at radius 2 is 2.07 bits per heavy atom. The van der Waals surface area contributed by atoms with E-state index in [1.54, 1.807) is 0 Å². The van der Waals surface area contributed by atoms with Crippen LogP contribution in [0.25, 0.3) is 0 Å². The van der Waals surface area contributed by atoms with Crippen molar-refractivity contribution in [2.24, 2.45) is 0 Å². The topological polar surface area (TPSA) is 33.1 Å². The van der Waals surface area contributed by atoms with Crippen LogP contribution in [-0.4, -0.2) is 10.1 Å². The summed E-state index contributed by atoms with van der Waals surface area (Å²) in [6.45, 7) is -0.437. The molecule has 0 aliphatic heterocycles. The molecule has 14 heavy (non-hydrogen) atoms. The molecule has 0 atom stereocenters. The van der Waals surface area contributed by atoms with E-state index in [-0.39, 0.29) is 11.3 Å². The predicted molar refractivity (Wildman–Crippen MR) is 55.4 cm³/mol. The van der Waals surface area contributed by atoms with Crippen molar-refractivity contribution in [2.45, 2.75) is 18.4 Å². The van der Waals surface area contributed by atoms with Crippen molar-refractivity contribution in [3.63, 3.8) is 0 Å². The third-order valence-electron chi connectivity index (χ3n) is 1.78. The van der Waals surface area contributed by atoms with Gasteiger partial charge < -0.3 is 5.11 Å². The van der Waals surface area contributed by atoms with Gasteiger partial charge in [0, 0.05) is 21.6 Å². The predicted octanol–water partition coefficient (Wildman–Crippen LogP) is 3.17. The van der Waals surface area contributed by atoms with Crippen molar-refractivity contribution in [2.75, 3.05) is 0 Å². The normalized spacial score (nSPS) is 11.0. The van der Waals surface area contributed by atoms with Crippen LogP contribution in [0.5, 0.6) is 0 Å². The zero-order valence-corrected chi connectivity index (χ0v) is 10.1. The summed E-state index contributed by atoms with van der Waals surface area (Å²) < 4.78 is 25.5. The molecule has 0 aliphatic rings. The van der Waals surface area contributed by atoms with Gasteiger partial charge in [-0.2, -0.15) is 0 Å². The van der Waals surface area contributed by atoms with Crippen molar-refractivity contribution >= 4 is 31.9 Å². The minimum Gasteiger partial charge on any atom is -0.392 e. The number of aromatic nitrogens is 1. The molecule has 0 saturated heterocycles. The van der Waals surface area contributed by atoms with Crippen LogP contribution < -0.4 is 0 Å². The Morgan fingerprint density at radius 1 is 1.43 bits per heavy atom. The number of halogens is 4. The smallest absolute Gasteiger partial charge is 0.280 e. The van der Waals surface area contributed by atoms with Gasteiger partial charge >= 0.3 is 0 Å². The van der Waals surface area contributed by atoms with Crippen LogP contribution in [0.2, 0.25) is 0 Å². The molecule has 1 aromatic heterocycles. The monoisotopic (exact) mass is 329 g/mol. The number of alkyl halides is 3. The molecule has 1 heterocycles. The number of hydrogen-bond donors (Lipinski definition) is 1. The van der Waals surface area contributed by atoms with Crippen LogP contribution in [-0.2, 0) is 11.9 Å². The lowest BCUT2D eigenvalue weighted by Gasteiger charge is -2.11. The molecule has 0 saturated carbocycles. The minimum absolute atomic E-state index is 0.186. The highest BCUT2D eigenvalue weighted by Crippen LogP contribution is 2.29. The fraction of sp³-hybridized carbons (Fsp3) is 0.375. The average molecular weight is 331 g/mol. The van der Waals surface area contributed by atoms with Crippen LogP contribution in [0, 0.1) is 0 Å². The highest BCUT2D eigenvalue weighted by atomic mass is 79.9. The highest BCUT2D eigenvalue weighted by Gasteiger charge is 2.18. The second kappa shape index (κ2) is 5.14. The maximum absolute atomic E-state index is 12.5. The second-order valence-corrected chi connectivity index (χ2v) is 3.96. The molecule has 6 heteroatoms. The van der Waals surface area contributed by atoms with Crippen LogP contribution in [0.1, 0.15) is 23.2 Å². The molecule has 2 nitrogen and oxygen atoms in total. The molecule has 0 amide bonds. The Morgan fingerprint density at radius 3 is 2.50 bits per heavy atom. The van der Waals surface area contributed by atoms with Gasteiger partial charge in [0.1, 0.15) is 5.69 Å². The van der Waals surface area contributed by atoms with E-state index in [0.29, 0.717) is 15.4 Å². The van der Waals surface area contributed by atoms with Gasteiger partial charge in [-0.1, -0.05) is 15.9 Å². The third-order valence-corrected chi connectivity index (χ3v) is 3.02. The van der Waals surface area contributed by atoms with E-state index in [2.05, 4.69) is 36.8 Å². The Bertz CT molecular complexity index is 333. The van der Waals surface area contributed by atoms with E-state index in [0.717, 1.165) is 0 Å². The molecule has 1 rings (SSSR count). The van der Waals surface area contributed by atoms with Crippen molar-refractivity contribution < 1.29 is 13.9 Å². The van der Waals surface area contributed by atoms with Crippen LogP contribution in [0.4, 0.5) is 8.78 Å². The number of aliphatic hydroxyl groups is 1. The van der Waals surface area contributed by atoms with E-state index in [9.17, 15) is 8.78 Å². The van der Waals surface area contributed by atoms with Crippen LogP contribution in [0.3, 0.4) is 0 Å². The summed E-state index contributed by atoms with van der Waals surface area (Å²) in [5.74, 6) is 0. The minimum atomic E-state index is -2.66. The fourth-order valence-electron chi connectivity index (χ4n) is 1.09. The van der Waals surface area contributed by atoms with Gasteiger partial charge in [-0.05, 0) is 21.5 Å². The molecule has 0 aliphatic carbocycles. The zero-order valence-electron chi connectivity index (χ0n) is 6.98. The summed E-state index contributed by atoms with van der Waals surface area (Å²) in [6.07, 6.45) is -1.35. The summed E-state index contributed by atoms with van der Waals surface area (Å²) in [5, 5.41) is 9.38. The molecule has 1 aromatic rings. The Hall–Kier alpha value is -0.0700. The number of aliphatic hydroxyl groups excluding tert-OH is 1. The lowest BCUT2D eigenvalue weighted by molar-refractivity contribution is 0.141. The van der Waals surface area contributed by atoms with Gasteiger partial charge in [0.05, 0.1) is 6.61 Å². The summed E-state index contributed by atoms with van der Waals surface area (Å²) in [5.41, 5.74) is 0.439.